The van der Waals surface area contributed by atoms with Gasteiger partial charge in [-0.25, -0.2) is 0 Å². The Morgan fingerprint density at radius 2 is 1.86 bits per heavy atom. The van der Waals surface area contributed by atoms with E-state index in [-0.39, 0.29) is 35.6 Å². The number of aliphatic hydroxyl groups excluding tert-OH is 1. The van der Waals surface area contributed by atoms with Crippen LogP contribution < -0.4 is 9.64 Å². The molecule has 8 nitrogen and oxygen atoms in total. The van der Waals surface area contributed by atoms with Gasteiger partial charge in [0.15, 0.2) is 0 Å². The van der Waals surface area contributed by atoms with Crippen molar-refractivity contribution in [1.82, 2.24) is 9.80 Å². The summed E-state index contributed by atoms with van der Waals surface area (Å²) in [4.78, 5) is 48.7. The first-order valence-electron chi connectivity index (χ1n) is 15.4. The number of ether oxygens (including phenoxy) is 1. The Labute approximate surface area is 255 Å². The van der Waals surface area contributed by atoms with E-state index in [1.807, 2.05) is 49.9 Å². The summed E-state index contributed by atoms with van der Waals surface area (Å²) in [7, 11) is 0. The number of carbonyl (C=O) groups excluding carboxylic acids is 3. The van der Waals surface area contributed by atoms with Gasteiger partial charge in [0, 0.05) is 30.1 Å². The number of rotatable bonds is 15. The zero-order valence-electron chi connectivity index (χ0n) is 25.5. The van der Waals surface area contributed by atoms with Crippen molar-refractivity contribution >= 4 is 35.2 Å². The normalized spacial score (nSPS) is 27.4. The van der Waals surface area contributed by atoms with E-state index in [1.165, 1.54) is 0 Å². The highest BCUT2D eigenvalue weighted by Gasteiger charge is 2.74. The van der Waals surface area contributed by atoms with Crippen LogP contribution in [0.25, 0.3) is 0 Å². The third-order valence-electron chi connectivity index (χ3n) is 9.22. The standard InChI is InChI=1S/C33H47N3O5S/c1-7-12-22(6)34(19-8-2)32(40)29-33-18-17-26(42-33)27(28(33)31(39)36(29)23(10-4)21-37)30(38)35(20-9-3)24-13-15-25(16-14-24)41-11-5/h8-9,13-16,22-23,26-29,37H,2-3,7,10-12,17-21H2,1,4-6H3/t22?,23-,26-,27+,28-,29?,33?/m0/s1. The van der Waals surface area contributed by atoms with Gasteiger partial charge in [0.25, 0.3) is 0 Å². The van der Waals surface area contributed by atoms with Crippen LogP contribution >= 0.6 is 11.8 Å². The second-order valence-electron chi connectivity index (χ2n) is 11.6. The Kier molecular flexibility index (Phi) is 10.5. The number of amides is 3. The van der Waals surface area contributed by atoms with Crippen LogP contribution in [0.1, 0.15) is 59.8 Å². The minimum atomic E-state index is -0.738. The first-order chi connectivity index (χ1) is 20.2. The summed E-state index contributed by atoms with van der Waals surface area (Å²) in [5.74, 6) is -0.890. The summed E-state index contributed by atoms with van der Waals surface area (Å²) in [6, 6.07) is 6.15. The molecule has 0 saturated carbocycles. The lowest BCUT2D eigenvalue weighted by Gasteiger charge is -2.41. The number of aliphatic hydroxyl groups is 1. The lowest BCUT2D eigenvalue weighted by molar-refractivity contribution is -0.146. The van der Waals surface area contributed by atoms with Gasteiger partial charge in [-0.1, -0.05) is 32.4 Å². The van der Waals surface area contributed by atoms with E-state index in [9.17, 15) is 19.5 Å². The van der Waals surface area contributed by atoms with Gasteiger partial charge in [0.05, 0.1) is 35.8 Å². The molecule has 1 aromatic carbocycles. The van der Waals surface area contributed by atoms with Crippen LogP contribution in [-0.2, 0) is 14.4 Å². The molecule has 9 heteroatoms. The van der Waals surface area contributed by atoms with Crippen LogP contribution in [0.4, 0.5) is 5.69 Å². The Morgan fingerprint density at radius 1 is 1.17 bits per heavy atom. The Balaban J connectivity index is 1.75. The molecule has 4 rings (SSSR count). The number of carbonyl (C=O) groups is 3. The molecule has 42 heavy (non-hydrogen) atoms. The van der Waals surface area contributed by atoms with E-state index in [1.54, 1.807) is 33.7 Å². The molecule has 0 aromatic heterocycles. The summed E-state index contributed by atoms with van der Waals surface area (Å²) in [5.41, 5.74) is 0.715. The quantitative estimate of drug-likeness (QED) is 0.296. The molecule has 7 atom stereocenters. The molecule has 3 heterocycles. The highest BCUT2D eigenvalue weighted by Crippen LogP contribution is 2.67. The highest BCUT2D eigenvalue weighted by atomic mass is 32.2. The number of hydrogen-bond acceptors (Lipinski definition) is 6. The van der Waals surface area contributed by atoms with Crippen molar-refractivity contribution in [2.24, 2.45) is 11.8 Å². The minimum absolute atomic E-state index is 0.0223. The molecule has 1 N–H and O–H groups in total. The maximum absolute atomic E-state index is 14.6. The first-order valence-corrected chi connectivity index (χ1v) is 16.3. The SMILES string of the molecule is C=CCN(C(=O)[C@@H]1[C@@H]2CCC3(S2)C(C(=O)N(CC=C)C(C)CCC)N([C@@H](CC)CO)C(=O)[C@H]13)c1ccc(OCC)cc1. The van der Waals surface area contributed by atoms with E-state index >= 15 is 0 Å². The predicted octanol–water partition coefficient (Wildman–Crippen LogP) is 4.67. The van der Waals surface area contributed by atoms with Gasteiger partial charge < -0.3 is 24.5 Å². The zero-order valence-corrected chi connectivity index (χ0v) is 26.4. The monoisotopic (exact) mass is 597 g/mol. The van der Waals surface area contributed by atoms with Gasteiger partial charge in [0.1, 0.15) is 11.8 Å². The molecule has 3 aliphatic heterocycles. The molecular weight excluding hydrogens is 550 g/mol. The maximum atomic E-state index is 14.6. The van der Waals surface area contributed by atoms with Gasteiger partial charge >= 0.3 is 0 Å². The summed E-state index contributed by atoms with van der Waals surface area (Å²) in [6.45, 7) is 16.8. The van der Waals surface area contributed by atoms with Crippen LogP contribution in [0, 0.1) is 11.8 Å². The average molecular weight is 598 g/mol. The summed E-state index contributed by atoms with van der Waals surface area (Å²) in [5, 5.41) is 10.3. The number of nitrogens with zero attached hydrogens (tertiary/aromatic N) is 3. The van der Waals surface area contributed by atoms with Crippen molar-refractivity contribution < 1.29 is 24.2 Å². The topological polar surface area (TPSA) is 90.4 Å². The number of thioether (sulfide) groups is 1. The van der Waals surface area contributed by atoms with Gasteiger partial charge in [-0.2, -0.15) is 0 Å². The van der Waals surface area contributed by atoms with Crippen molar-refractivity contribution in [2.45, 2.75) is 87.9 Å². The Hall–Kier alpha value is -2.78. The van der Waals surface area contributed by atoms with E-state index < -0.39 is 28.7 Å². The van der Waals surface area contributed by atoms with Gasteiger partial charge in [-0.3, -0.25) is 14.4 Å². The molecule has 2 bridgehead atoms. The van der Waals surface area contributed by atoms with E-state index in [0.717, 1.165) is 25.0 Å². The second-order valence-corrected chi connectivity index (χ2v) is 13.2. The number of hydrogen-bond donors (Lipinski definition) is 1. The number of anilines is 1. The third kappa shape index (κ3) is 5.50. The van der Waals surface area contributed by atoms with Gasteiger partial charge in [-0.15, -0.1) is 24.9 Å². The van der Waals surface area contributed by atoms with Crippen molar-refractivity contribution in [2.75, 3.05) is 31.2 Å². The minimum Gasteiger partial charge on any atom is -0.494 e. The fourth-order valence-electron chi connectivity index (χ4n) is 7.34. The van der Waals surface area contributed by atoms with E-state index in [2.05, 4.69) is 20.1 Å². The fraction of sp³-hybridized carbons (Fsp3) is 0.606. The third-order valence-corrected chi connectivity index (χ3v) is 11.2. The number of likely N-dealkylation sites (tertiary alicyclic amines) is 1. The largest absolute Gasteiger partial charge is 0.494 e. The predicted molar refractivity (Wildman–Crippen MR) is 169 cm³/mol. The van der Waals surface area contributed by atoms with Crippen LogP contribution in [0.2, 0.25) is 0 Å². The molecule has 1 spiro atoms. The van der Waals surface area contributed by atoms with Crippen molar-refractivity contribution in [3.8, 4) is 5.75 Å². The average Bonchev–Trinajstić information content (AvgIpc) is 3.63. The zero-order chi connectivity index (χ0) is 30.6. The molecule has 1 aromatic rings. The van der Waals surface area contributed by atoms with Crippen LogP contribution in [-0.4, -0.2) is 87.1 Å². The Morgan fingerprint density at radius 3 is 2.43 bits per heavy atom. The Bertz CT molecular complexity index is 1150. The smallest absolute Gasteiger partial charge is 0.247 e. The molecular formula is C33H47N3O5S. The molecule has 3 fully saturated rings. The number of fused-ring (bicyclic) bond motifs is 1. The second kappa shape index (κ2) is 13.7. The number of benzene rings is 1. The lowest BCUT2D eigenvalue weighted by atomic mass is 9.70. The van der Waals surface area contributed by atoms with Crippen LogP contribution in [0.3, 0.4) is 0 Å². The van der Waals surface area contributed by atoms with Crippen LogP contribution in [0.15, 0.2) is 49.6 Å². The van der Waals surface area contributed by atoms with Crippen molar-refractivity contribution in [1.29, 1.82) is 0 Å². The van der Waals surface area contributed by atoms with Gasteiger partial charge in [-0.05, 0) is 63.8 Å². The fourth-order valence-corrected chi connectivity index (χ4v) is 9.53. The van der Waals surface area contributed by atoms with Crippen molar-refractivity contribution in [3.05, 3.63) is 49.6 Å². The summed E-state index contributed by atoms with van der Waals surface area (Å²) >= 11 is 1.66. The molecule has 3 unspecified atom stereocenters. The van der Waals surface area contributed by atoms with Gasteiger partial charge in [0.2, 0.25) is 17.7 Å². The summed E-state index contributed by atoms with van der Waals surface area (Å²) < 4.78 is 4.87. The molecule has 230 valence electrons. The molecule has 3 aliphatic rings. The maximum Gasteiger partial charge on any atom is 0.247 e. The van der Waals surface area contributed by atoms with E-state index in [4.69, 9.17) is 4.74 Å². The first kappa shape index (κ1) is 32.1. The molecule has 3 saturated heterocycles. The molecule has 3 amide bonds. The molecule has 0 radical (unpaired) electrons. The molecule has 0 aliphatic carbocycles. The van der Waals surface area contributed by atoms with Crippen molar-refractivity contribution in [3.63, 3.8) is 0 Å². The van der Waals surface area contributed by atoms with E-state index in [0.29, 0.717) is 38.2 Å². The lowest BCUT2D eigenvalue weighted by Crippen LogP contribution is -2.58. The summed E-state index contributed by atoms with van der Waals surface area (Å²) in [6.07, 6.45) is 7.16. The highest BCUT2D eigenvalue weighted by molar-refractivity contribution is 8.02. The van der Waals surface area contributed by atoms with Crippen LogP contribution in [0.5, 0.6) is 5.75 Å².